The summed E-state index contributed by atoms with van der Waals surface area (Å²) in [5.74, 6) is -0.117. The molecule has 2 aromatic rings. The van der Waals surface area contributed by atoms with E-state index in [9.17, 15) is 9.59 Å². The van der Waals surface area contributed by atoms with Gasteiger partial charge in [0.2, 0.25) is 0 Å². The average molecular weight is 400 g/mol. The van der Waals surface area contributed by atoms with Gasteiger partial charge in [0.1, 0.15) is 0 Å². The fourth-order valence-corrected chi connectivity index (χ4v) is 6.04. The fourth-order valence-electron chi connectivity index (χ4n) is 2.88. The van der Waals surface area contributed by atoms with Gasteiger partial charge < -0.3 is 0 Å². The van der Waals surface area contributed by atoms with E-state index in [0.717, 1.165) is 0 Å². The van der Waals surface area contributed by atoms with Crippen LogP contribution in [0.3, 0.4) is 0 Å². The summed E-state index contributed by atoms with van der Waals surface area (Å²) in [7, 11) is 0. The maximum atomic E-state index is 13.0. The molecule has 0 fully saturated rings. The minimum absolute atomic E-state index is 0.00344. The van der Waals surface area contributed by atoms with Crippen molar-refractivity contribution in [2.45, 2.75) is 32.6 Å². The van der Waals surface area contributed by atoms with Crippen LogP contribution >= 0.6 is 0 Å². The number of amides is 2. The number of rotatable bonds is 4. The molecule has 3 rings (SSSR count). The molecule has 1 aliphatic rings. The van der Waals surface area contributed by atoms with E-state index in [-0.39, 0.29) is 43.0 Å². The first-order chi connectivity index (χ1) is 11.8. The molecule has 0 radical (unpaired) electrons. The predicted octanol–water partition coefficient (Wildman–Crippen LogP) is 3.32. The van der Waals surface area contributed by atoms with Gasteiger partial charge in [0.15, 0.2) is 0 Å². The van der Waals surface area contributed by atoms with E-state index < -0.39 is 0 Å². The Hall–Kier alpha value is -1.90. The van der Waals surface area contributed by atoms with Crippen LogP contribution in [-0.2, 0) is 0 Å². The topological polar surface area (TPSA) is 37.4 Å². The zero-order valence-electron chi connectivity index (χ0n) is 15.0. The van der Waals surface area contributed by atoms with E-state index in [4.69, 9.17) is 0 Å². The van der Waals surface area contributed by atoms with Crippen LogP contribution in [0.25, 0.3) is 0 Å². The molecule has 130 valence electrons. The molecular formula is C21H23NO2Se. The first-order valence-electron chi connectivity index (χ1n) is 8.49. The van der Waals surface area contributed by atoms with Crippen molar-refractivity contribution in [1.29, 1.82) is 0 Å². The number of benzene rings is 2. The molecule has 2 aromatic carbocycles. The average Bonchev–Trinajstić information content (AvgIpc) is 2.84. The first kappa shape index (κ1) is 17.9. The molecule has 0 saturated carbocycles. The third kappa shape index (κ3) is 3.42. The van der Waals surface area contributed by atoms with Crippen LogP contribution in [-0.4, -0.2) is 36.6 Å². The van der Waals surface area contributed by atoms with E-state index >= 15 is 0 Å². The quantitative estimate of drug-likeness (QED) is 0.583. The Bertz CT molecular complexity index is 760. The van der Waals surface area contributed by atoms with Crippen LogP contribution in [0.5, 0.6) is 0 Å². The number of hydrogen-bond acceptors (Lipinski definition) is 2. The fraction of sp³-hybridized carbons (Fsp3) is 0.333. The Morgan fingerprint density at radius 3 is 1.80 bits per heavy atom. The van der Waals surface area contributed by atoms with Gasteiger partial charge in [0.05, 0.1) is 0 Å². The number of carbonyl (C=O) groups is 2. The van der Waals surface area contributed by atoms with Gasteiger partial charge in [-0.3, -0.25) is 0 Å². The second-order valence-electron chi connectivity index (χ2n) is 7.50. The zero-order valence-corrected chi connectivity index (χ0v) is 16.7. The Kier molecular flexibility index (Phi) is 4.85. The molecule has 0 unspecified atom stereocenters. The summed E-state index contributed by atoms with van der Waals surface area (Å²) in [6.07, 6.45) is 0. The van der Waals surface area contributed by atoms with Crippen molar-refractivity contribution in [3.8, 4) is 0 Å². The Balaban J connectivity index is 2.00. The Morgan fingerprint density at radius 2 is 1.32 bits per heavy atom. The summed E-state index contributed by atoms with van der Waals surface area (Å²) in [5.41, 5.74) is 1.06. The van der Waals surface area contributed by atoms with Crippen molar-refractivity contribution in [2.75, 3.05) is 0 Å². The summed E-state index contributed by atoms with van der Waals surface area (Å²) >= 11 is -0.0126. The molecular weight excluding hydrogens is 377 g/mol. The van der Waals surface area contributed by atoms with Gasteiger partial charge in [-0.25, -0.2) is 0 Å². The van der Waals surface area contributed by atoms with Crippen molar-refractivity contribution in [2.24, 2.45) is 11.3 Å². The number of carbonyl (C=O) groups excluding carboxylic acids is 2. The number of imide groups is 1. The van der Waals surface area contributed by atoms with Gasteiger partial charge in [0.25, 0.3) is 0 Å². The Morgan fingerprint density at radius 1 is 0.840 bits per heavy atom. The van der Waals surface area contributed by atoms with Crippen LogP contribution in [0.2, 0.25) is 0 Å². The number of hydrogen-bond donors (Lipinski definition) is 0. The van der Waals surface area contributed by atoms with Crippen LogP contribution in [0, 0.1) is 11.3 Å². The van der Waals surface area contributed by atoms with Gasteiger partial charge in [-0.2, -0.15) is 0 Å². The van der Waals surface area contributed by atoms with E-state index in [1.54, 1.807) is 12.1 Å². The summed E-state index contributed by atoms with van der Waals surface area (Å²) in [6.45, 7) is 8.66. The van der Waals surface area contributed by atoms with Crippen LogP contribution in [0.4, 0.5) is 0 Å². The standard InChI is InChI=1S/C21H23NO2Se/c1-14(21(2,3)4)20(25-15-10-6-5-7-11-15)22-18(23)16-12-8-9-13-17(16)19(22)24/h5-14,20H,1-4H3/t14-,20+/m1/s1. The van der Waals surface area contributed by atoms with Crippen LogP contribution in [0.15, 0.2) is 54.6 Å². The third-order valence-corrected chi connectivity index (χ3v) is 7.82. The molecule has 0 spiro atoms. The van der Waals surface area contributed by atoms with Gasteiger partial charge in [-0.1, -0.05) is 0 Å². The normalized spacial score (nSPS) is 16.7. The van der Waals surface area contributed by atoms with Gasteiger partial charge >= 0.3 is 155 Å². The monoisotopic (exact) mass is 401 g/mol. The molecule has 2 amide bonds. The molecule has 25 heavy (non-hydrogen) atoms. The molecule has 1 heterocycles. The van der Waals surface area contributed by atoms with E-state index in [1.165, 1.54) is 9.36 Å². The number of nitrogens with zero attached hydrogens (tertiary/aromatic N) is 1. The minimum atomic E-state index is -0.153. The summed E-state index contributed by atoms with van der Waals surface area (Å²) < 4.78 is 1.20. The van der Waals surface area contributed by atoms with Crippen molar-refractivity contribution >= 4 is 31.2 Å². The predicted molar refractivity (Wildman–Crippen MR) is 101 cm³/mol. The SMILES string of the molecule is C[C@H]([C@H]([Se]c1ccccc1)N1C(=O)c2ccccc2C1=O)C(C)(C)C. The van der Waals surface area contributed by atoms with E-state index in [0.29, 0.717) is 11.1 Å². The maximum absolute atomic E-state index is 13.0. The molecule has 0 aromatic heterocycles. The van der Waals surface area contributed by atoms with Crippen LogP contribution < -0.4 is 4.46 Å². The molecule has 0 bridgehead atoms. The van der Waals surface area contributed by atoms with Crippen molar-refractivity contribution in [3.63, 3.8) is 0 Å². The van der Waals surface area contributed by atoms with E-state index in [2.05, 4.69) is 39.8 Å². The molecule has 0 aliphatic carbocycles. The molecule has 2 atom stereocenters. The summed E-state index contributed by atoms with van der Waals surface area (Å²) in [6, 6.07) is 17.3. The second-order valence-corrected chi connectivity index (χ2v) is 10.00. The number of fused-ring (bicyclic) bond motifs is 1. The summed E-state index contributed by atoms with van der Waals surface area (Å²) in [4.78, 5) is 27.4. The first-order valence-corrected chi connectivity index (χ1v) is 10.3. The zero-order chi connectivity index (χ0) is 18.2. The van der Waals surface area contributed by atoms with Crippen molar-refractivity contribution < 1.29 is 9.59 Å². The van der Waals surface area contributed by atoms with Gasteiger partial charge in [0, 0.05) is 0 Å². The van der Waals surface area contributed by atoms with Gasteiger partial charge in [-0.15, -0.1) is 0 Å². The Labute approximate surface area is 155 Å². The second kappa shape index (κ2) is 6.78. The third-order valence-electron chi connectivity index (χ3n) is 4.87. The van der Waals surface area contributed by atoms with Crippen LogP contribution in [0.1, 0.15) is 48.4 Å². The molecule has 1 aliphatic heterocycles. The molecule has 4 heteroatoms. The molecule has 3 nitrogen and oxygen atoms in total. The van der Waals surface area contributed by atoms with Crippen molar-refractivity contribution in [1.82, 2.24) is 4.90 Å². The molecule has 0 N–H and O–H groups in total. The van der Waals surface area contributed by atoms with E-state index in [1.807, 2.05) is 30.3 Å². The van der Waals surface area contributed by atoms with Gasteiger partial charge in [-0.05, 0) is 0 Å². The van der Waals surface area contributed by atoms with Crippen molar-refractivity contribution in [3.05, 3.63) is 65.7 Å². The summed E-state index contributed by atoms with van der Waals surface area (Å²) in [5, 5.41) is 0. The molecule has 0 saturated heterocycles.